The van der Waals surface area contributed by atoms with Crippen LogP contribution in [0.4, 0.5) is 0 Å². The normalized spacial score (nSPS) is 28.0. The van der Waals surface area contributed by atoms with E-state index in [-0.39, 0.29) is 5.60 Å². The van der Waals surface area contributed by atoms with E-state index < -0.39 is 0 Å². The summed E-state index contributed by atoms with van der Waals surface area (Å²) in [5.74, 6) is 0. The van der Waals surface area contributed by atoms with Gasteiger partial charge in [-0.25, -0.2) is 0 Å². The van der Waals surface area contributed by atoms with Crippen LogP contribution in [0.25, 0.3) is 0 Å². The Hall–Kier alpha value is -0.900. The van der Waals surface area contributed by atoms with Crippen molar-refractivity contribution in [1.82, 2.24) is 10.2 Å². The summed E-state index contributed by atoms with van der Waals surface area (Å²) in [7, 11) is 0. The minimum Gasteiger partial charge on any atom is -0.374 e. The van der Waals surface area contributed by atoms with Crippen molar-refractivity contribution in [1.29, 1.82) is 0 Å². The van der Waals surface area contributed by atoms with Gasteiger partial charge in [-0.05, 0) is 51.3 Å². The number of ether oxygens (including phenoxy) is 1. The Morgan fingerprint density at radius 1 is 1.24 bits per heavy atom. The lowest BCUT2D eigenvalue weighted by atomic mass is 10.00. The molecule has 2 aliphatic rings. The van der Waals surface area contributed by atoms with Crippen LogP contribution in [0.2, 0.25) is 0 Å². The monoisotopic (exact) mass is 288 g/mol. The third-order valence-electron chi connectivity index (χ3n) is 4.90. The van der Waals surface area contributed by atoms with Crippen LogP contribution >= 0.6 is 0 Å². The largest absolute Gasteiger partial charge is 0.374 e. The van der Waals surface area contributed by atoms with Gasteiger partial charge < -0.3 is 10.1 Å². The average molecular weight is 288 g/mol. The molecule has 0 spiro atoms. The van der Waals surface area contributed by atoms with E-state index in [1.165, 1.54) is 44.3 Å². The zero-order valence-corrected chi connectivity index (χ0v) is 13.2. The van der Waals surface area contributed by atoms with Crippen molar-refractivity contribution in [2.24, 2.45) is 0 Å². The summed E-state index contributed by atoms with van der Waals surface area (Å²) >= 11 is 0. The summed E-state index contributed by atoms with van der Waals surface area (Å²) in [6.07, 6.45) is 4.92. The molecule has 2 aliphatic heterocycles. The Bertz CT molecular complexity index is 420. The van der Waals surface area contributed by atoms with Crippen LogP contribution in [-0.2, 0) is 11.3 Å². The summed E-state index contributed by atoms with van der Waals surface area (Å²) in [5.41, 5.74) is 1.51. The molecule has 0 saturated carbocycles. The van der Waals surface area contributed by atoms with Crippen LogP contribution in [0.1, 0.15) is 38.2 Å². The summed E-state index contributed by atoms with van der Waals surface area (Å²) < 4.78 is 5.86. The van der Waals surface area contributed by atoms with Gasteiger partial charge in [0.25, 0.3) is 0 Å². The maximum Gasteiger partial charge on any atom is 0.0779 e. The molecule has 3 nitrogen and oxygen atoms in total. The molecule has 1 atom stereocenters. The van der Waals surface area contributed by atoms with Gasteiger partial charge in [0.2, 0.25) is 0 Å². The van der Waals surface area contributed by atoms with Crippen LogP contribution in [0, 0.1) is 0 Å². The van der Waals surface area contributed by atoms with Crippen LogP contribution in [0.3, 0.4) is 0 Å². The summed E-state index contributed by atoms with van der Waals surface area (Å²) in [6, 6.07) is 11.5. The Balaban J connectivity index is 1.39. The fraction of sp³-hybridized carbons (Fsp3) is 0.667. The smallest absolute Gasteiger partial charge is 0.0779 e. The summed E-state index contributed by atoms with van der Waals surface area (Å²) in [6.45, 7) is 7.68. The first-order valence-corrected chi connectivity index (χ1v) is 8.37. The van der Waals surface area contributed by atoms with Crippen LogP contribution in [-0.4, -0.2) is 42.8 Å². The number of hydrogen-bond acceptors (Lipinski definition) is 3. The number of rotatable bonds is 5. The summed E-state index contributed by atoms with van der Waals surface area (Å²) in [5, 5.41) is 3.74. The topological polar surface area (TPSA) is 24.5 Å². The maximum atomic E-state index is 5.86. The van der Waals surface area contributed by atoms with Gasteiger partial charge in [0, 0.05) is 25.7 Å². The number of piperidine rings is 1. The lowest BCUT2D eigenvalue weighted by Crippen LogP contribution is -2.47. The predicted molar refractivity (Wildman–Crippen MR) is 86.3 cm³/mol. The zero-order valence-electron chi connectivity index (χ0n) is 13.2. The molecule has 0 aliphatic carbocycles. The van der Waals surface area contributed by atoms with Crippen LogP contribution in [0.5, 0.6) is 0 Å². The van der Waals surface area contributed by atoms with Gasteiger partial charge in [0.05, 0.1) is 5.60 Å². The molecule has 0 aromatic heterocycles. The van der Waals surface area contributed by atoms with E-state index in [1.807, 2.05) is 0 Å². The lowest BCUT2D eigenvalue weighted by Gasteiger charge is -2.34. The SMILES string of the molecule is CC1(CNC2CCN(Cc3ccccc3)CC2)CCCO1. The molecule has 1 unspecified atom stereocenters. The fourth-order valence-corrected chi connectivity index (χ4v) is 3.47. The minimum absolute atomic E-state index is 0.0845. The molecule has 2 fully saturated rings. The molecule has 2 saturated heterocycles. The lowest BCUT2D eigenvalue weighted by molar-refractivity contribution is 0.0167. The molecular weight excluding hydrogens is 260 g/mol. The molecule has 0 bridgehead atoms. The standard InChI is InChI=1S/C18H28N2O/c1-18(10-5-13-21-18)15-19-17-8-11-20(12-9-17)14-16-6-3-2-4-7-16/h2-4,6-7,17,19H,5,8-15H2,1H3. The number of nitrogens with one attached hydrogen (secondary N) is 1. The van der Waals surface area contributed by atoms with Gasteiger partial charge >= 0.3 is 0 Å². The van der Waals surface area contributed by atoms with E-state index in [4.69, 9.17) is 4.74 Å². The Morgan fingerprint density at radius 3 is 2.67 bits per heavy atom. The number of likely N-dealkylation sites (tertiary alicyclic amines) is 1. The molecule has 0 amide bonds. The van der Waals surface area contributed by atoms with E-state index in [0.717, 1.165) is 19.7 Å². The van der Waals surface area contributed by atoms with E-state index in [0.29, 0.717) is 6.04 Å². The van der Waals surface area contributed by atoms with Gasteiger partial charge in [-0.1, -0.05) is 30.3 Å². The number of benzene rings is 1. The summed E-state index contributed by atoms with van der Waals surface area (Å²) in [4.78, 5) is 2.57. The molecular formula is C18H28N2O. The third kappa shape index (κ3) is 4.29. The van der Waals surface area contributed by atoms with Crippen molar-refractivity contribution in [3.63, 3.8) is 0 Å². The van der Waals surface area contributed by atoms with Crippen LogP contribution < -0.4 is 5.32 Å². The van der Waals surface area contributed by atoms with Crippen molar-refractivity contribution in [3.05, 3.63) is 35.9 Å². The first kappa shape index (κ1) is 15.0. The van der Waals surface area contributed by atoms with E-state index in [1.54, 1.807) is 0 Å². The average Bonchev–Trinajstić information content (AvgIpc) is 2.95. The van der Waals surface area contributed by atoms with Crippen molar-refractivity contribution < 1.29 is 4.74 Å². The maximum absolute atomic E-state index is 5.86. The highest BCUT2D eigenvalue weighted by Crippen LogP contribution is 2.24. The highest BCUT2D eigenvalue weighted by Gasteiger charge is 2.30. The Kier molecular flexibility index (Phi) is 4.94. The van der Waals surface area contributed by atoms with Crippen LogP contribution in [0.15, 0.2) is 30.3 Å². The molecule has 1 N–H and O–H groups in total. The molecule has 116 valence electrons. The molecule has 2 heterocycles. The number of nitrogens with zero attached hydrogens (tertiary/aromatic N) is 1. The molecule has 1 aromatic rings. The highest BCUT2D eigenvalue weighted by molar-refractivity contribution is 5.14. The van der Waals surface area contributed by atoms with Crippen molar-refractivity contribution in [3.8, 4) is 0 Å². The highest BCUT2D eigenvalue weighted by atomic mass is 16.5. The molecule has 3 rings (SSSR count). The fourth-order valence-electron chi connectivity index (χ4n) is 3.47. The first-order chi connectivity index (χ1) is 10.2. The van der Waals surface area contributed by atoms with Gasteiger partial charge in [-0.2, -0.15) is 0 Å². The molecule has 0 radical (unpaired) electrons. The molecule has 21 heavy (non-hydrogen) atoms. The minimum atomic E-state index is 0.0845. The zero-order chi connectivity index (χ0) is 14.5. The Labute approximate surface area is 128 Å². The second-order valence-electron chi connectivity index (χ2n) is 6.82. The molecule has 1 aromatic carbocycles. The molecule has 3 heteroatoms. The van der Waals surface area contributed by atoms with E-state index >= 15 is 0 Å². The van der Waals surface area contributed by atoms with Gasteiger partial charge in [-0.15, -0.1) is 0 Å². The second-order valence-corrected chi connectivity index (χ2v) is 6.82. The van der Waals surface area contributed by atoms with Gasteiger partial charge in [0.15, 0.2) is 0 Å². The number of hydrogen-bond donors (Lipinski definition) is 1. The predicted octanol–water partition coefficient (Wildman–Crippen LogP) is 2.81. The first-order valence-electron chi connectivity index (χ1n) is 8.37. The van der Waals surface area contributed by atoms with Crippen molar-refractivity contribution in [2.45, 2.75) is 50.8 Å². The van der Waals surface area contributed by atoms with Crippen molar-refractivity contribution >= 4 is 0 Å². The third-order valence-corrected chi connectivity index (χ3v) is 4.90. The van der Waals surface area contributed by atoms with E-state index in [9.17, 15) is 0 Å². The quantitative estimate of drug-likeness (QED) is 0.901. The van der Waals surface area contributed by atoms with Gasteiger partial charge in [-0.3, -0.25) is 4.90 Å². The van der Waals surface area contributed by atoms with Gasteiger partial charge in [0.1, 0.15) is 0 Å². The second kappa shape index (κ2) is 6.91. The Morgan fingerprint density at radius 2 is 2.00 bits per heavy atom. The van der Waals surface area contributed by atoms with E-state index in [2.05, 4.69) is 47.5 Å². The van der Waals surface area contributed by atoms with Crippen molar-refractivity contribution in [2.75, 3.05) is 26.2 Å².